The summed E-state index contributed by atoms with van der Waals surface area (Å²) in [6.45, 7) is 3.52. The van der Waals surface area contributed by atoms with Gasteiger partial charge in [-0.25, -0.2) is 0 Å². The van der Waals surface area contributed by atoms with Crippen LogP contribution in [0.25, 0.3) is 0 Å². The van der Waals surface area contributed by atoms with Crippen LogP contribution in [0.1, 0.15) is 17.5 Å². The fourth-order valence-electron chi connectivity index (χ4n) is 2.77. The summed E-state index contributed by atoms with van der Waals surface area (Å²) in [5.41, 5.74) is 3.07. The van der Waals surface area contributed by atoms with Crippen LogP contribution in [0.15, 0.2) is 59.5 Å². The van der Waals surface area contributed by atoms with Gasteiger partial charge in [0.25, 0.3) is 0 Å². The van der Waals surface area contributed by atoms with Crippen molar-refractivity contribution in [3.8, 4) is 0 Å². The average molecular weight is 283 g/mol. The highest BCUT2D eigenvalue weighted by atomic mass is 32.2. The second-order valence-corrected chi connectivity index (χ2v) is 6.48. The summed E-state index contributed by atoms with van der Waals surface area (Å²) in [5.74, 6) is 1.17. The van der Waals surface area contributed by atoms with Crippen LogP contribution in [0.5, 0.6) is 0 Å². The van der Waals surface area contributed by atoms with Crippen LogP contribution in [0.3, 0.4) is 0 Å². The molecule has 0 spiro atoms. The molecule has 0 unspecified atom stereocenters. The molecule has 0 radical (unpaired) electrons. The highest BCUT2D eigenvalue weighted by molar-refractivity contribution is 7.99. The maximum Gasteiger partial charge on any atom is 0.0236 e. The quantitative estimate of drug-likeness (QED) is 0.773. The zero-order valence-corrected chi connectivity index (χ0v) is 12.6. The maximum absolute atomic E-state index is 2.60. The fraction of sp³-hybridized carbons (Fsp3) is 0.333. The number of rotatable bonds is 4. The van der Waals surface area contributed by atoms with Crippen molar-refractivity contribution >= 4 is 11.8 Å². The van der Waals surface area contributed by atoms with Crippen molar-refractivity contribution in [3.05, 3.63) is 65.7 Å². The van der Waals surface area contributed by atoms with Crippen LogP contribution in [-0.2, 0) is 13.0 Å². The van der Waals surface area contributed by atoms with Crippen molar-refractivity contribution in [1.82, 2.24) is 4.90 Å². The van der Waals surface area contributed by atoms with Crippen molar-refractivity contribution < 1.29 is 0 Å². The molecule has 2 heteroatoms. The summed E-state index contributed by atoms with van der Waals surface area (Å²) in [5, 5.41) is 0. The molecule has 0 saturated carbocycles. The van der Waals surface area contributed by atoms with Crippen LogP contribution >= 0.6 is 11.8 Å². The molecule has 2 aromatic carbocycles. The van der Waals surface area contributed by atoms with E-state index in [1.807, 2.05) is 11.8 Å². The van der Waals surface area contributed by atoms with Crippen molar-refractivity contribution in [2.75, 3.05) is 18.8 Å². The lowest BCUT2D eigenvalue weighted by atomic mass is 10.0. The molecule has 104 valence electrons. The first-order valence-corrected chi connectivity index (χ1v) is 8.37. The molecule has 0 aromatic heterocycles. The topological polar surface area (TPSA) is 3.24 Å². The molecule has 2 aromatic rings. The maximum atomic E-state index is 2.60. The molecule has 0 atom stereocenters. The second kappa shape index (κ2) is 6.96. The van der Waals surface area contributed by atoms with Gasteiger partial charge in [0.15, 0.2) is 0 Å². The fourth-order valence-corrected chi connectivity index (χ4v) is 3.70. The molecular formula is C18H21NS. The lowest BCUT2D eigenvalue weighted by Crippen LogP contribution is -2.25. The highest BCUT2D eigenvalue weighted by Gasteiger charge is 2.13. The SMILES string of the molecule is c1ccc(SCCN2CCCc3ccccc3C2)cc1. The summed E-state index contributed by atoms with van der Waals surface area (Å²) in [6, 6.07) is 19.6. The molecule has 0 fully saturated rings. The van der Waals surface area contributed by atoms with Gasteiger partial charge in [-0.1, -0.05) is 42.5 Å². The molecule has 0 amide bonds. The second-order valence-electron chi connectivity index (χ2n) is 5.31. The van der Waals surface area contributed by atoms with Crippen LogP contribution < -0.4 is 0 Å². The third kappa shape index (κ3) is 3.65. The molecule has 0 saturated heterocycles. The predicted octanol–water partition coefficient (Wildman–Crippen LogP) is 4.23. The molecule has 1 nitrogen and oxygen atoms in total. The van der Waals surface area contributed by atoms with Gasteiger partial charge in [-0.15, -0.1) is 11.8 Å². The number of nitrogens with zero attached hydrogens (tertiary/aromatic N) is 1. The Kier molecular flexibility index (Phi) is 4.77. The monoisotopic (exact) mass is 283 g/mol. The summed E-state index contributed by atoms with van der Waals surface area (Å²) in [6.07, 6.45) is 2.52. The Bertz CT molecular complexity index is 538. The Hall–Kier alpha value is -1.25. The summed E-state index contributed by atoms with van der Waals surface area (Å²) >= 11 is 1.96. The van der Waals surface area contributed by atoms with E-state index in [0.29, 0.717) is 0 Å². The minimum absolute atomic E-state index is 1.12. The molecule has 0 aliphatic carbocycles. The molecule has 0 bridgehead atoms. The number of thioether (sulfide) groups is 1. The van der Waals surface area contributed by atoms with Gasteiger partial charge in [0.05, 0.1) is 0 Å². The van der Waals surface area contributed by atoms with E-state index in [-0.39, 0.29) is 0 Å². The number of benzene rings is 2. The molecule has 0 N–H and O–H groups in total. The first kappa shape index (κ1) is 13.7. The van der Waals surface area contributed by atoms with Gasteiger partial charge in [0, 0.05) is 23.7 Å². The first-order chi connectivity index (χ1) is 9.92. The predicted molar refractivity (Wildman–Crippen MR) is 87.2 cm³/mol. The largest absolute Gasteiger partial charge is 0.298 e. The molecule has 1 heterocycles. The lowest BCUT2D eigenvalue weighted by molar-refractivity contribution is 0.287. The van der Waals surface area contributed by atoms with Gasteiger partial charge >= 0.3 is 0 Å². The Balaban J connectivity index is 1.54. The normalized spacial score (nSPS) is 15.6. The molecule has 20 heavy (non-hydrogen) atoms. The molecule has 3 rings (SSSR count). The van der Waals surface area contributed by atoms with Crippen molar-refractivity contribution in [2.45, 2.75) is 24.3 Å². The number of fused-ring (bicyclic) bond motifs is 1. The van der Waals surface area contributed by atoms with Crippen molar-refractivity contribution in [3.63, 3.8) is 0 Å². The van der Waals surface area contributed by atoms with E-state index in [1.54, 1.807) is 5.56 Å². The minimum Gasteiger partial charge on any atom is -0.298 e. The Labute approximate surface area is 126 Å². The third-order valence-corrected chi connectivity index (χ3v) is 4.84. The number of hydrogen-bond acceptors (Lipinski definition) is 2. The smallest absolute Gasteiger partial charge is 0.0236 e. The van der Waals surface area contributed by atoms with Gasteiger partial charge in [0.1, 0.15) is 0 Å². The van der Waals surface area contributed by atoms with Crippen molar-refractivity contribution in [1.29, 1.82) is 0 Å². The molecule has 1 aliphatic heterocycles. The van der Waals surface area contributed by atoms with Crippen LogP contribution in [-0.4, -0.2) is 23.7 Å². The summed E-state index contributed by atoms with van der Waals surface area (Å²) in [4.78, 5) is 3.98. The third-order valence-electron chi connectivity index (χ3n) is 3.85. The van der Waals surface area contributed by atoms with E-state index in [2.05, 4.69) is 59.5 Å². The van der Waals surface area contributed by atoms with E-state index in [4.69, 9.17) is 0 Å². The molecular weight excluding hydrogens is 262 g/mol. The Morgan fingerprint density at radius 1 is 0.900 bits per heavy atom. The summed E-state index contributed by atoms with van der Waals surface area (Å²) in [7, 11) is 0. The van der Waals surface area contributed by atoms with E-state index >= 15 is 0 Å². The minimum atomic E-state index is 1.12. The van der Waals surface area contributed by atoms with Gasteiger partial charge in [-0.2, -0.15) is 0 Å². The van der Waals surface area contributed by atoms with Crippen LogP contribution in [0, 0.1) is 0 Å². The van der Waals surface area contributed by atoms with E-state index in [0.717, 1.165) is 6.54 Å². The van der Waals surface area contributed by atoms with E-state index in [9.17, 15) is 0 Å². The van der Waals surface area contributed by atoms with Gasteiger partial charge in [-0.3, -0.25) is 4.90 Å². The zero-order valence-electron chi connectivity index (χ0n) is 11.8. The highest BCUT2D eigenvalue weighted by Crippen LogP contribution is 2.20. The standard InChI is InChI=1S/C18H21NS/c1-2-10-18(11-3-1)20-14-13-19-12-6-9-16-7-4-5-8-17(16)15-19/h1-5,7-8,10-11H,6,9,12-15H2. The summed E-state index contributed by atoms with van der Waals surface area (Å²) < 4.78 is 0. The van der Waals surface area contributed by atoms with Crippen molar-refractivity contribution in [2.24, 2.45) is 0 Å². The zero-order chi connectivity index (χ0) is 13.6. The van der Waals surface area contributed by atoms with Gasteiger partial charge < -0.3 is 0 Å². The number of aryl methyl sites for hydroxylation is 1. The van der Waals surface area contributed by atoms with Crippen LogP contribution in [0.2, 0.25) is 0 Å². The number of hydrogen-bond donors (Lipinski definition) is 0. The van der Waals surface area contributed by atoms with Crippen LogP contribution in [0.4, 0.5) is 0 Å². The van der Waals surface area contributed by atoms with Gasteiger partial charge in [-0.05, 0) is 42.6 Å². The van der Waals surface area contributed by atoms with E-state index in [1.165, 1.54) is 42.1 Å². The molecule has 1 aliphatic rings. The average Bonchev–Trinajstić information content (AvgIpc) is 2.70. The van der Waals surface area contributed by atoms with E-state index < -0.39 is 0 Å². The Morgan fingerprint density at radius 3 is 2.50 bits per heavy atom. The first-order valence-electron chi connectivity index (χ1n) is 7.39. The Morgan fingerprint density at radius 2 is 1.65 bits per heavy atom. The van der Waals surface area contributed by atoms with Gasteiger partial charge in [0.2, 0.25) is 0 Å². The lowest BCUT2D eigenvalue weighted by Gasteiger charge is -2.20.